The maximum Gasteiger partial charge on any atom is 0.260 e. The minimum atomic E-state index is -1.85. The second kappa shape index (κ2) is 8.23. The Balaban J connectivity index is 1.91. The van der Waals surface area contributed by atoms with Crippen LogP contribution in [-0.4, -0.2) is 47.3 Å². The van der Waals surface area contributed by atoms with Gasteiger partial charge in [-0.15, -0.1) is 0 Å². The van der Waals surface area contributed by atoms with E-state index in [2.05, 4.69) is 16.8 Å². The van der Waals surface area contributed by atoms with Gasteiger partial charge in [0.1, 0.15) is 11.6 Å². The predicted octanol–water partition coefficient (Wildman–Crippen LogP) is -0.0416. The van der Waals surface area contributed by atoms with Gasteiger partial charge >= 0.3 is 0 Å². The van der Waals surface area contributed by atoms with Crippen LogP contribution in [0.1, 0.15) is 27.2 Å². The number of amides is 3. The number of nitrogen functional groups attached to an aromatic ring is 1. The number of nitrogens with zero attached hydrogens (tertiary/aromatic N) is 2. The van der Waals surface area contributed by atoms with Crippen molar-refractivity contribution in [2.24, 2.45) is 5.73 Å². The molecule has 9 heteroatoms. The predicted molar refractivity (Wildman–Crippen MR) is 109 cm³/mol. The Kier molecular flexibility index (Phi) is 5.71. The topological polar surface area (TPSA) is 141 Å². The lowest BCUT2D eigenvalue weighted by molar-refractivity contribution is -0.128. The molecule has 0 spiro atoms. The van der Waals surface area contributed by atoms with Crippen molar-refractivity contribution in [2.45, 2.75) is 19.0 Å². The Morgan fingerprint density at radius 1 is 1.40 bits per heavy atom. The van der Waals surface area contributed by atoms with Crippen molar-refractivity contribution in [3.8, 4) is 17.6 Å². The summed E-state index contributed by atoms with van der Waals surface area (Å²) in [6.45, 7) is 1.81. The summed E-state index contributed by atoms with van der Waals surface area (Å²) in [4.78, 5) is 41.7. The first-order valence-electron chi connectivity index (χ1n) is 9.03. The van der Waals surface area contributed by atoms with Gasteiger partial charge in [-0.25, -0.2) is 4.98 Å². The number of aryl methyl sites for hydroxylation is 1. The van der Waals surface area contributed by atoms with Gasteiger partial charge in [0, 0.05) is 17.8 Å². The molecule has 3 amide bonds. The minimum absolute atomic E-state index is 0.192. The summed E-state index contributed by atoms with van der Waals surface area (Å²) >= 11 is 0. The van der Waals surface area contributed by atoms with E-state index in [0.717, 1.165) is 5.56 Å². The molecule has 154 valence electrons. The summed E-state index contributed by atoms with van der Waals surface area (Å²) in [5, 5.41) is 2.02. The van der Waals surface area contributed by atoms with Gasteiger partial charge in [-0.2, -0.15) is 0 Å². The fourth-order valence-corrected chi connectivity index (χ4v) is 3.11. The Morgan fingerprint density at radius 3 is 2.83 bits per heavy atom. The van der Waals surface area contributed by atoms with Gasteiger partial charge < -0.3 is 21.1 Å². The summed E-state index contributed by atoms with van der Waals surface area (Å²) in [6, 6.07) is 8.53. The van der Waals surface area contributed by atoms with E-state index in [-0.39, 0.29) is 31.2 Å². The number of nitrogens with one attached hydrogen (secondary N) is 1. The first-order chi connectivity index (χ1) is 14.3. The van der Waals surface area contributed by atoms with Gasteiger partial charge in [0.05, 0.1) is 19.2 Å². The molecule has 5 N–H and O–H groups in total. The van der Waals surface area contributed by atoms with Crippen LogP contribution < -0.4 is 21.5 Å². The Hall–Kier alpha value is -3.90. The third-order valence-corrected chi connectivity index (χ3v) is 4.72. The summed E-state index contributed by atoms with van der Waals surface area (Å²) in [5.74, 6) is 5.02. The lowest BCUT2D eigenvalue weighted by Gasteiger charge is -2.27. The number of methoxy groups -OCH3 is 1. The van der Waals surface area contributed by atoms with E-state index in [9.17, 15) is 14.4 Å². The number of anilines is 1. The number of imide groups is 1. The van der Waals surface area contributed by atoms with Crippen molar-refractivity contribution in [1.82, 2.24) is 15.2 Å². The molecule has 2 heterocycles. The number of ether oxygens (including phenoxy) is 1. The van der Waals surface area contributed by atoms with Crippen molar-refractivity contribution in [2.75, 3.05) is 19.4 Å². The molecule has 1 aliphatic rings. The van der Waals surface area contributed by atoms with Crippen LogP contribution in [0.2, 0.25) is 0 Å². The van der Waals surface area contributed by atoms with Crippen molar-refractivity contribution >= 4 is 24.0 Å². The van der Waals surface area contributed by atoms with Gasteiger partial charge in [0.2, 0.25) is 6.41 Å². The summed E-state index contributed by atoms with van der Waals surface area (Å²) in [6.07, 6.45) is 0.221. The summed E-state index contributed by atoms with van der Waals surface area (Å²) in [7, 11) is 1.51. The van der Waals surface area contributed by atoms with Crippen LogP contribution in [0.5, 0.6) is 5.75 Å². The highest BCUT2D eigenvalue weighted by molar-refractivity contribution is 6.01. The van der Waals surface area contributed by atoms with Gasteiger partial charge in [-0.1, -0.05) is 17.9 Å². The number of benzene rings is 1. The molecule has 9 nitrogen and oxygen atoms in total. The van der Waals surface area contributed by atoms with Crippen LogP contribution in [0.15, 0.2) is 30.3 Å². The molecule has 0 unspecified atom stereocenters. The molecule has 1 aliphatic heterocycles. The summed E-state index contributed by atoms with van der Waals surface area (Å²) in [5.41, 5.74) is 12.6. The normalized spacial score (nSPS) is 14.2. The number of hydrogen-bond donors (Lipinski definition) is 3. The number of nitrogens with two attached hydrogens (primary N) is 2. The van der Waals surface area contributed by atoms with Gasteiger partial charge in [0.15, 0.2) is 5.54 Å². The van der Waals surface area contributed by atoms with Gasteiger partial charge in [0.25, 0.3) is 11.8 Å². The average Bonchev–Trinajstić information content (AvgIpc) is 3.02. The third kappa shape index (κ3) is 4.09. The molecule has 1 atom stereocenters. The Morgan fingerprint density at radius 2 is 2.17 bits per heavy atom. The Labute approximate surface area is 173 Å². The molecular formula is C21H21N5O4. The van der Waals surface area contributed by atoms with E-state index in [0.29, 0.717) is 22.6 Å². The number of carbonyl (C=O) groups is 3. The molecule has 3 rings (SSSR count). The highest BCUT2D eigenvalue weighted by Crippen LogP contribution is 2.27. The molecule has 30 heavy (non-hydrogen) atoms. The molecule has 2 aromatic rings. The van der Waals surface area contributed by atoms with E-state index in [1.807, 2.05) is 5.32 Å². The van der Waals surface area contributed by atoms with E-state index >= 15 is 0 Å². The van der Waals surface area contributed by atoms with E-state index in [1.54, 1.807) is 37.3 Å². The number of pyridine rings is 1. The monoisotopic (exact) mass is 407 g/mol. The average molecular weight is 407 g/mol. The molecule has 0 fully saturated rings. The van der Waals surface area contributed by atoms with E-state index < -0.39 is 11.4 Å². The van der Waals surface area contributed by atoms with Gasteiger partial charge in [-0.05, 0) is 36.8 Å². The molecule has 0 radical (unpaired) electrons. The SMILES string of the molecule is COc1ccc2c(c1)C(=O)N(C[C@](N)(C#Cc1ccc(C)nc1N)C(=O)NC=O)C2. The zero-order valence-electron chi connectivity index (χ0n) is 16.6. The minimum Gasteiger partial charge on any atom is -0.497 e. The van der Waals surface area contributed by atoms with Crippen molar-refractivity contribution < 1.29 is 19.1 Å². The molecule has 0 aliphatic carbocycles. The molecular weight excluding hydrogens is 386 g/mol. The molecule has 0 bridgehead atoms. The van der Waals surface area contributed by atoms with E-state index in [4.69, 9.17) is 16.2 Å². The van der Waals surface area contributed by atoms with E-state index in [1.165, 1.54) is 12.0 Å². The largest absolute Gasteiger partial charge is 0.497 e. The number of hydrogen-bond acceptors (Lipinski definition) is 7. The van der Waals surface area contributed by atoms with Gasteiger partial charge in [-0.3, -0.25) is 19.7 Å². The van der Waals surface area contributed by atoms with Crippen molar-refractivity contribution in [1.29, 1.82) is 0 Å². The summed E-state index contributed by atoms with van der Waals surface area (Å²) < 4.78 is 5.16. The fraction of sp³-hybridized carbons (Fsp3) is 0.238. The quantitative estimate of drug-likeness (QED) is 0.466. The maximum atomic E-state index is 12.8. The number of aromatic nitrogens is 1. The number of fused-ring (bicyclic) bond motifs is 1. The lowest BCUT2D eigenvalue weighted by atomic mass is 9.99. The fourth-order valence-electron chi connectivity index (χ4n) is 3.11. The van der Waals surface area contributed by atoms with Crippen LogP contribution in [0, 0.1) is 18.8 Å². The highest BCUT2D eigenvalue weighted by Gasteiger charge is 2.39. The number of carbonyl (C=O) groups excluding carboxylic acids is 3. The molecule has 1 aromatic heterocycles. The van der Waals surface area contributed by atoms with Crippen LogP contribution >= 0.6 is 0 Å². The molecule has 0 saturated heterocycles. The Bertz CT molecular complexity index is 1090. The highest BCUT2D eigenvalue weighted by atomic mass is 16.5. The second-order valence-corrected chi connectivity index (χ2v) is 6.88. The van der Waals surface area contributed by atoms with Crippen LogP contribution in [0.4, 0.5) is 5.82 Å². The first kappa shape index (κ1) is 20.8. The molecule has 0 saturated carbocycles. The zero-order valence-corrected chi connectivity index (χ0v) is 16.6. The first-order valence-corrected chi connectivity index (χ1v) is 9.03. The van der Waals surface area contributed by atoms with Crippen LogP contribution in [0.25, 0.3) is 0 Å². The number of rotatable bonds is 5. The standard InChI is InChI=1S/C21H21N5O4/c1-13-3-4-14(18(22)25-13)7-8-21(23,20(29)24-12-27)11-26-10-15-5-6-16(30-2)9-17(15)19(26)28/h3-6,9,12H,10-11,23H2,1-2H3,(H2,22,25)(H,24,27,29)/t21-/m1/s1. The lowest BCUT2D eigenvalue weighted by Crippen LogP contribution is -2.59. The maximum absolute atomic E-state index is 12.8. The van der Waals surface area contributed by atoms with Crippen molar-refractivity contribution in [3.63, 3.8) is 0 Å². The molecule has 1 aromatic carbocycles. The third-order valence-electron chi connectivity index (χ3n) is 4.72. The second-order valence-electron chi connectivity index (χ2n) is 6.88. The van der Waals surface area contributed by atoms with Crippen molar-refractivity contribution in [3.05, 3.63) is 52.7 Å². The zero-order chi connectivity index (χ0) is 21.9. The van der Waals surface area contributed by atoms with Crippen LogP contribution in [-0.2, 0) is 16.1 Å². The van der Waals surface area contributed by atoms with Crippen LogP contribution in [0.3, 0.4) is 0 Å². The smallest absolute Gasteiger partial charge is 0.260 e.